The van der Waals surface area contributed by atoms with Gasteiger partial charge < -0.3 is 10.5 Å². The maximum atomic E-state index is 6.00. The highest BCUT2D eigenvalue weighted by Crippen LogP contribution is 2.35. The van der Waals surface area contributed by atoms with Crippen molar-refractivity contribution in [2.45, 2.75) is 31.4 Å². The molecule has 2 N–H and O–H groups in total. The molecule has 6 heteroatoms. The molecule has 2 aromatic heterocycles. The third-order valence-corrected chi connectivity index (χ3v) is 3.79. The number of halogens is 1. The number of nitrogens with two attached hydrogens (primary N) is 1. The number of fused-ring (bicyclic) bond motifs is 1. The first-order chi connectivity index (χ1) is 8.69. The third-order valence-electron chi connectivity index (χ3n) is 3.58. The molecule has 0 radical (unpaired) electrons. The number of hydrogen-bond donors (Lipinski definition) is 1. The van der Waals surface area contributed by atoms with Crippen molar-refractivity contribution in [2.75, 3.05) is 12.8 Å². The van der Waals surface area contributed by atoms with Crippen LogP contribution in [-0.4, -0.2) is 27.7 Å². The predicted molar refractivity (Wildman–Crippen MR) is 70.6 cm³/mol. The number of aromatic nitrogens is 3. The Bertz CT molecular complexity index is 583. The van der Waals surface area contributed by atoms with E-state index in [4.69, 9.17) is 22.1 Å². The first-order valence-electron chi connectivity index (χ1n) is 6.01. The Morgan fingerprint density at radius 1 is 1.50 bits per heavy atom. The molecule has 96 valence electrons. The van der Waals surface area contributed by atoms with Gasteiger partial charge in [-0.05, 0) is 25.3 Å². The Balaban J connectivity index is 2.04. The summed E-state index contributed by atoms with van der Waals surface area (Å²) in [6, 6.07) is 2.10. The SMILES string of the molecule is COC1CCC(n2c(N)nc3cc(Cl)cnc32)C1. The van der Waals surface area contributed by atoms with Crippen molar-refractivity contribution in [3.63, 3.8) is 0 Å². The molecule has 0 aromatic carbocycles. The van der Waals surface area contributed by atoms with E-state index in [0.717, 1.165) is 30.4 Å². The highest BCUT2D eigenvalue weighted by molar-refractivity contribution is 6.31. The largest absolute Gasteiger partial charge is 0.381 e. The fourth-order valence-corrected chi connectivity index (χ4v) is 2.85. The quantitative estimate of drug-likeness (QED) is 0.906. The molecule has 2 unspecified atom stereocenters. The minimum Gasteiger partial charge on any atom is -0.381 e. The second-order valence-corrected chi connectivity index (χ2v) is 5.10. The van der Waals surface area contributed by atoms with E-state index in [2.05, 4.69) is 9.97 Å². The van der Waals surface area contributed by atoms with Gasteiger partial charge in [0.2, 0.25) is 5.95 Å². The highest BCUT2D eigenvalue weighted by atomic mass is 35.5. The zero-order chi connectivity index (χ0) is 12.7. The van der Waals surface area contributed by atoms with Crippen molar-refractivity contribution in [2.24, 2.45) is 0 Å². The number of imidazole rings is 1. The number of rotatable bonds is 2. The second kappa shape index (κ2) is 4.40. The smallest absolute Gasteiger partial charge is 0.202 e. The van der Waals surface area contributed by atoms with Gasteiger partial charge >= 0.3 is 0 Å². The maximum absolute atomic E-state index is 6.00. The van der Waals surface area contributed by atoms with Crippen LogP contribution in [0.4, 0.5) is 5.95 Å². The molecular weight excluding hydrogens is 252 g/mol. The van der Waals surface area contributed by atoms with Gasteiger partial charge in [0.25, 0.3) is 0 Å². The van der Waals surface area contributed by atoms with Crippen molar-refractivity contribution < 1.29 is 4.74 Å². The summed E-state index contributed by atoms with van der Waals surface area (Å²) in [6.07, 6.45) is 4.98. The minimum absolute atomic E-state index is 0.305. The Hall–Kier alpha value is -1.33. The van der Waals surface area contributed by atoms with Crippen LogP contribution in [0.2, 0.25) is 5.02 Å². The van der Waals surface area contributed by atoms with Crippen molar-refractivity contribution in [1.29, 1.82) is 0 Å². The molecule has 1 fully saturated rings. The Morgan fingerprint density at radius 3 is 3.06 bits per heavy atom. The minimum atomic E-state index is 0.305. The van der Waals surface area contributed by atoms with Crippen molar-refractivity contribution in [1.82, 2.24) is 14.5 Å². The fourth-order valence-electron chi connectivity index (χ4n) is 2.70. The molecule has 5 nitrogen and oxygen atoms in total. The summed E-state index contributed by atoms with van der Waals surface area (Å²) in [6.45, 7) is 0. The van der Waals surface area contributed by atoms with Gasteiger partial charge in [0.1, 0.15) is 5.52 Å². The van der Waals surface area contributed by atoms with Gasteiger partial charge in [-0.15, -0.1) is 0 Å². The van der Waals surface area contributed by atoms with E-state index in [-0.39, 0.29) is 0 Å². The van der Waals surface area contributed by atoms with E-state index in [1.807, 2.05) is 4.57 Å². The van der Waals surface area contributed by atoms with Gasteiger partial charge in [-0.25, -0.2) is 9.97 Å². The third kappa shape index (κ3) is 1.83. The predicted octanol–water partition coefficient (Wildman–Crippen LogP) is 2.41. The van der Waals surface area contributed by atoms with Crippen LogP contribution in [0.25, 0.3) is 11.2 Å². The standard InChI is InChI=1S/C12H15ClN4O/c1-18-9-3-2-8(5-9)17-11-10(16-12(17)14)4-7(13)6-15-11/h4,6,8-9H,2-3,5H2,1H3,(H2,14,16). The van der Waals surface area contributed by atoms with Gasteiger partial charge in [0, 0.05) is 19.3 Å². The number of nitrogens with zero attached hydrogens (tertiary/aromatic N) is 3. The van der Waals surface area contributed by atoms with Crippen LogP contribution in [0.5, 0.6) is 0 Å². The van der Waals surface area contributed by atoms with Crippen LogP contribution in [-0.2, 0) is 4.74 Å². The Kier molecular flexibility index (Phi) is 2.87. The fraction of sp³-hybridized carbons (Fsp3) is 0.500. The first-order valence-corrected chi connectivity index (χ1v) is 6.38. The highest BCUT2D eigenvalue weighted by Gasteiger charge is 2.28. The van der Waals surface area contributed by atoms with Gasteiger partial charge in [-0.1, -0.05) is 11.6 Å². The number of nitrogen functional groups attached to an aromatic ring is 1. The zero-order valence-corrected chi connectivity index (χ0v) is 10.9. The molecule has 1 aliphatic carbocycles. The van der Waals surface area contributed by atoms with E-state index in [1.54, 1.807) is 19.4 Å². The molecule has 3 rings (SSSR count). The van der Waals surface area contributed by atoms with Crippen LogP contribution in [0, 0.1) is 0 Å². The average molecular weight is 267 g/mol. The summed E-state index contributed by atoms with van der Waals surface area (Å²) in [5, 5.41) is 0.577. The summed E-state index contributed by atoms with van der Waals surface area (Å²) in [7, 11) is 1.75. The molecule has 1 aliphatic rings. The van der Waals surface area contributed by atoms with E-state index in [0.29, 0.717) is 23.1 Å². The van der Waals surface area contributed by atoms with Crippen LogP contribution in [0.3, 0.4) is 0 Å². The zero-order valence-electron chi connectivity index (χ0n) is 10.1. The van der Waals surface area contributed by atoms with E-state index in [1.165, 1.54) is 0 Å². The molecule has 0 amide bonds. The molecule has 2 atom stereocenters. The molecule has 2 heterocycles. The lowest BCUT2D eigenvalue weighted by Crippen LogP contribution is -2.11. The summed E-state index contributed by atoms with van der Waals surface area (Å²) in [4.78, 5) is 8.67. The molecule has 0 spiro atoms. The average Bonchev–Trinajstić information content (AvgIpc) is 2.91. The van der Waals surface area contributed by atoms with Gasteiger partial charge in [0.15, 0.2) is 5.65 Å². The van der Waals surface area contributed by atoms with E-state index >= 15 is 0 Å². The van der Waals surface area contributed by atoms with E-state index in [9.17, 15) is 0 Å². The summed E-state index contributed by atoms with van der Waals surface area (Å²) < 4.78 is 7.40. The van der Waals surface area contributed by atoms with Gasteiger partial charge in [-0.2, -0.15) is 0 Å². The number of methoxy groups -OCH3 is 1. The first kappa shape index (κ1) is 11.7. The molecule has 0 saturated heterocycles. The van der Waals surface area contributed by atoms with Crippen molar-refractivity contribution in [3.05, 3.63) is 17.3 Å². The van der Waals surface area contributed by atoms with Crippen LogP contribution in [0.15, 0.2) is 12.3 Å². The Morgan fingerprint density at radius 2 is 2.33 bits per heavy atom. The molecular formula is C12H15ClN4O. The normalized spacial score (nSPS) is 23.9. The molecule has 0 bridgehead atoms. The lowest BCUT2D eigenvalue weighted by molar-refractivity contribution is 0.106. The van der Waals surface area contributed by atoms with Gasteiger partial charge in [0.05, 0.1) is 11.1 Å². The number of ether oxygens (including phenoxy) is 1. The molecule has 18 heavy (non-hydrogen) atoms. The summed E-state index contributed by atoms with van der Waals surface area (Å²) in [5.41, 5.74) is 7.55. The molecule has 2 aromatic rings. The van der Waals surface area contributed by atoms with E-state index < -0.39 is 0 Å². The lowest BCUT2D eigenvalue weighted by atomic mass is 10.2. The summed E-state index contributed by atoms with van der Waals surface area (Å²) in [5.74, 6) is 0.501. The molecule has 1 saturated carbocycles. The van der Waals surface area contributed by atoms with Crippen molar-refractivity contribution in [3.8, 4) is 0 Å². The Labute approximate surface area is 110 Å². The lowest BCUT2D eigenvalue weighted by Gasteiger charge is -2.14. The summed E-state index contributed by atoms with van der Waals surface area (Å²) >= 11 is 5.91. The number of hydrogen-bond acceptors (Lipinski definition) is 4. The number of anilines is 1. The van der Waals surface area contributed by atoms with Crippen molar-refractivity contribution >= 4 is 28.7 Å². The topological polar surface area (TPSA) is 66.0 Å². The maximum Gasteiger partial charge on any atom is 0.202 e. The molecule has 0 aliphatic heterocycles. The van der Waals surface area contributed by atoms with Crippen LogP contribution < -0.4 is 5.73 Å². The number of pyridine rings is 1. The monoisotopic (exact) mass is 266 g/mol. The van der Waals surface area contributed by atoms with Gasteiger partial charge in [-0.3, -0.25) is 4.57 Å². The van der Waals surface area contributed by atoms with Crippen LogP contribution >= 0.6 is 11.6 Å². The van der Waals surface area contributed by atoms with Crippen LogP contribution in [0.1, 0.15) is 25.3 Å². The second-order valence-electron chi connectivity index (χ2n) is 4.66.